The summed E-state index contributed by atoms with van der Waals surface area (Å²) >= 11 is 0. The molecule has 0 saturated heterocycles. The summed E-state index contributed by atoms with van der Waals surface area (Å²) in [5.74, 6) is 0. The second kappa shape index (κ2) is 38.2. The molecule has 0 fully saturated rings. The predicted molar refractivity (Wildman–Crippen MR) is 361 cm³/mol. The van der Waals surface area contributed by atoms with Crippen LogP contribution in [0, 0.1) is 0 Å². The fraction of sp³-hybridized carbons (Fsp3) is 0.519. The van der Waals surface area contributed by atoms with Gasteiger partial charge >= 0.3 is 0 Å². The molecule has 4 bridgehead atoms. The summed E-state index contributed by atoms with van der Waals surface area (Å²) < 4.78 is 0. The first-order valence-corrected chi connectivity index (χ1v) is 33.3. The van der Waals surface area contributed by atoms with E-state index in [1.807, 2.05) is 0 Å². The molecule has 0 radical (unpaired) electrons. The van der Waals surface area contributed by atoms with Crippen LogP contribution in [0.15, 0.2) is 97.1 Å². The van der Waals surface area contributed by atoms with E-state index in [2.05, 4.69) is 190 Å². The zero-order chi connectivity index (χ0) is 57.1. The maximum atomic E-state index is 12.9. The first-order chi connectivity index (χ1) is 39.9. The summed E-state index contributed by atoms with van der Waals surface area (Å²) in [4.78, 5) is 20.8. The van der Waals surface area contributed by atoms with Gasteiger partial charge in [-0.1, -0.05) is 248 Å². The lowest BCUT2D eigenvalue weighted by Gasteiger charge is -2.25. The van der Waals surface area contributed by atoms with Gasteiger partial charge in [-0.2, -0.15) is 0 Å². The largest absolute Gasteiger partial charge is 0.372 e. The summed E-state index contributed by atoms with van der Waals surface area (Å²) in [6.45, 7) is 20.6. The summed E-state index contributed by atoms with van der Waals surface area (Å²) in [6.07, 6.45) is 49.2. The van der Waals surface area contributed by atoms with Gasteiger partial charge in [0.25, 0.3) is 0 Å². The lowest BCUT2D eigenvalue weighted by Crippen LogP contribution is -2.25. The molecule has 0 aromatic heterocycles. The first kappa shape index (κ1) is 64.6. The van der Waals surface area contributed by atoms with Crippen LogP contribution in [-0.4, -0.2) is 45.6 Å². The molecule has 9 rings (SSSR count). The van der Waals surface area contributed by atoms with E-state index >= 15 is 0 Å². The van der Waals surface area contributed by atoms with Crippen LogP contribution in [0.1, 0.15) is 262 Å². The fourth-order valence-corrected chi connectivity index (χ4v) is 11.9. The molecule has 0 spiro atoms. The van der Waals surface area contributed by atoms with Crippen LogP contribution in [-0.2, 0) is 25.7 Å². The van der Waals surface area contributed by atoms with Crippen LogP contribution in [0.25, 0.3) is 36.5 Å². The van der Waals surface area contributed by atoms with Gasteiger partial charge in [0.05, 0.1) is 0 Å². The number of aryl methyl sites for hydroxylation is 4. The molecule has 0 amide bonds. The third kappa shape index (κ3) is 22.6. The molecule has 438 valence electrons. The van der Waals surface area contributed by atoms with Gasteiger partial charge in [0.2, 0.25) is 0 Å². The highest BCUT2D eigenvalue weighted by atomic mass is 16.1. The average Bonchev–Trinajstić information content (AvgIpc) is 3.49. The minimum absolute atomic E-state index is 0.787. The van der Waals surface area contributed by atoms with Crippen LogP contribution in [0.5, 0.6) is 0 Å². The van der Waals surface area contributed by atoms with Crippen LogP contribution >= 0.6 is 0 Å². The van der Waals surface area contributed by atoms with Crippen molar-refractivity contribution < 1.29 is 4.79 Å². The number of aldehydes is 1. The summed E-state index contributed by atoms with van der Waals surface area (Å²) in [5, 5.41) is 0. The van der Waals surface area contributed by atoms with E-state index in [0.29, 0.717) is 0 Å². The molecule has 81 heavy (non-hydrogen) atoms. The minimum atomic E-state index is 0.787. The number of carbonyl (C=O) groups excluding carboxylic acids is 1. The third-order valence-electron chi connectivity index (χ3n) is 17.1. The van der Waals surface area contributed by atoms with E-state index in [1.54, 1.807) is 0 Å². The second-order valence-corrected chi connectivity index (χ2v) is 23.7. The Morgan fingerprint density at radius 1 is 0.284 bits per heavy atom. The van der Waals surface area contributed by atoms with Gasteiger partial charge in [0.15, 0.2) is 0 Å². The highest BCUT2D eigenvalue weighted by Crippen LogP contribution is 2.31. The van der Waals surface area contributed by atoms with Crippen LogP contribution in [0.4, 0.5) is 17.1 Å². The zero-order valence-corrected chi connectivity index (χ0v) is 52.1. The average molecular weight is 1090 g/mol. The predicted octanol–water partition coefficient (Wildman–Crippen LogP) is 21.8. The van der Waals surface area contributed by atoms with Gasteiger partial charge in [-0.3, -0.25) is 4.79 Å². The zero-order valence-electron chi connectivity index (χ0n) is 52.1. The van der Waals surface area contributed by atoms with Crippen molar-refractivity contribution in [2.75, 3.05) is 54.0 Å². The Bertz CT molecular complexity index is 2570. The molecule has 0 saturated carbocycles. The van der Waals surface area contributed by atoms with Crippen molar-refractivity contribution in [3.8, 4) is 0 Å². The highest BCUT2D eigenvalue weighted by Gasteiger charge is 2.16. The number of hydrogen-bond donors (Lipinski definition) is 0. The van der Waals surface area contributed by atoms with Crippen molar-refractivity contribution in [1.29, 1.82) is 0 Å². The van der Waals surface area contributed by atoms with E-state index < -0.39 is 0 Å². The number of hydrogen-bond acceptors (Lipinski definition) is 4. The maximum Gasteiger partial charge on any atom is 0.150 e. The topological polar surface area (TPSA) is 26.8 Å². The molecule has 0 N–H and O–H groups in total. The van der Waals surface area contributed by atoms with Crippen LogP contribution in [0.2, 0.25) is 0 Å². The number of unbranched alkanes of at least 4 members (excludes halogenated alkanes) is 18. The summed E-state index contributed by atoms with van der Waals surface area (Å²) in [7, 11) is 0. The number of anilines is 3. The Morgan fingerprint density at radius 3 is 0.728 bits per heavy atom. The number of rotatable bonds is 40. The molecule has 0 heterocycles. The molecule has 4 aliphatic rings. The summed E-state index contributed by atoms with van der Waals surface area (Å²) in [6, 6.07) is 37.4. The van der Waals surface area contributed by atoms with E-state index in [0.717, 1.165) is 82.4 Å². The summed E-state index contributed by atoms with van der Waals surface area (Å²) in [5.41, 5.74) is 17.3. The SMILES string of the molecule is CCCCCCN(CCCCCC)c1ccc(/C=C\c2cc3c(/C=C/c4ccc(N(CCCCCC)CCCCCC)cc4)cc2CCc2cc(/C=C/c4ccc(N(CCCCCC)CCCCCC)cc4)c(cc2C=O)CC3)cc1. The molecule has 5 aromatic carbocycles. The Hall–Kier alpha value is -5.61. The Labute approximate surface area is 495 Å². The smallest absolute Gasteiger partial charge is 0.150 e. The van der Waals surface area contributed by atoms with Crippen LogP contribution in [0.3, 0.4) is 0 Å². The molecular weight excluding hydrogens is 983 g/mol. The molecule has 0 aliphatic heterocycles. The van der Waals surface area contributed by atoms with Gasteiger partial charge < -0.3 is 14.7 Å². The van der Waals surface area contributed by atoms with Gasteiger partial charge in [0.1, 0.15) is 6.29 Å². The molecule has 4 nitrogen and oxygen atoms in total. The minimum Gasteiger partial charge on any atom is -0.372 e. The van der Waals surface area contributed by atoms with Gasteiger partial charge in [-0.25, -0.2) is 0 Å². The van der Waals surface area contributed by atoms with E-state index in [4.69, 9.17) is 0 Å². The third-order valence-corrected chi connectivity index (χ3v) is 17.1. The molecule has 4 heteroatoms. The van der Waals surface area contributed by atoms with Crippen molar-refractivity contribution >= 4 is 59.8 Å². The monoisotopic (exact) mass is 1090 g/mol. The van der Waals surface area contributed by atoms with Crippen molar-refractivity contribution in [3.63, 3.8) is 0 Å². The Kier molecular flexibility index (Phi) is 30.5. The number of nitrogens with zero attached hydrogens (tertiary/aromatic N) is 3. The van der Waals surface area contributed by atoms with E-state index in [1.165, 1.54) is 221 Å². The van der Waals surface area contributed by atoms with Crippen molar-refractivity contribution in [3.05, 3.63) is 158 Å². The molecule has 5 aromatic rings. The first-order valence-electron chi connectivity index (χ1n) is 33.3. The van der Waals surface area contributed by atoms with E-state index in [-0.39, 0.29) is 0 Å². The van der Waals surface area contributed by atoms with Crippen molar-refractivity contribution in [1.82, 2.24) is 0 Å². The quantitative estimate of drug-likeness (QED) is 0.0222. The molecule has 4 aliphatic carbocycles. The number of benzene rings is 5. The van der Waals surface area contributed by atoms with Crippen LogP contribution < -0.4 is 14.7 Å². The lowest BCUT2D eigenvalue weighted by atomic mass is 9.86. The number of carbonyl (C=O) groups is 1. The van der Waals surface area contributed by atoms with Gasteiger partial charge in [-0.05, 0) is 162 Å². The normalized spacial score (nSPS) is 12.5. The molecule has 0 atom stereocenters. The fourth-order valence-electron chi connectivity index (χ4n) is 11.9. The highest BCUT2D eigenvalue weighted by molar-refractivity contribution is 5.82. The van der Waals surface area contributed by atoms with Gasteiger partial charge in [-0.15, -0.1) is 0 Å². The molecular formula is C77H109N3O. The second-order valence-electron chi connectivity index (χ2n) is 23.7. The standard InChI is InChI=1S/C77H109N3O/c1-7-13-19-25-53-78(54-26-20-14-8-2)75-47-34-64(35-48-75)31-40-67-60-71-45-46-73-61-69(42-33-66-38-51-77(52-39-66)80(57-29-23-17-11-5)58-30-24-18-12-6)72(62-74(73)63-81)44-43-70(67)59-68(71)41-32-65-36-49-76(50-37-65)79(55-27-21-15-9-3)56-28-22-16-10-4/h31-42,47-52,59-63H,7-30,43-46,53-58H2,1-6H3/b40-31+,41-32-,42-33+. The van der Waals surface area contributed by atoms with E-state index in [9.17, 15) is 4.79 Å². The maximum absolute atomic E-state index is 12.9. The Balaban J connectivity index is 1.29. The lowest BCUT2D eigenvalue weighted by molar-refractivity contribution is 0.112. The van der Waals surface area contributed by atoms with Crippen molar-refractivity contribution in [2.45, 2.75) is 221 Å². The molecule has 0 unspecified atom stereocenters. The Morgan fingerprint density at radius 2 is 0.506 bits per heavy atom. The van der Waals surface area contributed by atoms with Crippen molar-refractivity contribution in [2.24, 2.45) is 0 Å². The van der Waals surface area contributed by atoms with Gasteiger partial charge in [0, 0.05) is 61.9 Å².